The third-order valence-corrected chi connectivity index (χ3v) is 3.77. The topological polar surface area (TPSA) is 73.2 Å². The summed E-state index contributed by atoms with van der Waals surface area (Å²) in [5.74, 6) is -0.494. The Balaban J connectivity index is 2.11. The molecule has 5 nitrogen and oxygen atoms in total. The molecule has 0 spiro atoms. The molecule has 0 saturated heterocycles. The van der Waals surface area contributed by atoms with Crippen molar-refractivity contribution in [3.05, 3.63) is 65.2 Å². The molecule has 0 fully saturated rings. The Morgan fingerprint density at radius 3 is 2.60 bits per heavy atom. The minimum Gasteiger partial charge on any atom is -0.329 e. The third-order valence-electron chi connectivity index (χ3n) is 3.77. The monoisotopic (exact) mass is 335 g/mol. The van der Waals surface area contributed by atoms with Crippen LogP contribution < -0.4 is 5.32 Å². The number of rotatable bonds is 6. The highest BCUT2D eigenvalue weighted by atomic mass is 16.2. The Kier molecular flexibility index (Phi) is 6.30. The van der Waals surface area contributed by atoms with Crippen molar-refractivity contribution in [2.75, 3.05) is 18.4 Å². The van der Waals surface area contributed by atoms with Gasteiger partial charge < -0.3 is 10.2 Å². The summed E-state index contributed by atoms with van der Waals surface area (Å²) in [6.07, 6.45) is 0.737. The second kappa shape index (κ2) is 8.65. The molecular weight excluding hydrogens is 314 g/mol. The maximum absolute atomic E-state index is 12.7. The number of carbonyl (C=O) groups is 2. The number of nitrogens with one attached hydrogen (secondary N) is 1. The van der Waals surface area contributed by atoms with Gasteiger partial charge >= 0.3 is 0 Å². The van der Waals surface area contributed by atoms with Crippen molar-refractivity contribution in [2.24, 2.45) is 0 Å². The van der Waals surface area contributed by atoms with Gasteiger partial charge in [-0.3, -0.25) is 9.59 Å². The van der Waals surface area contributed by atoms with Crippen LogP contribution in [-0.4, -0.2) is 29.8 Å². The van der Waals surface area contributed by atoms with Gasteiger partial charge in [0.2, 0.25) is 5.91 Å². The van der Waals surface area contributed by atoms with Crippen LogP contribution in [-0.2, 0) is 4.79 Å². The molecule has 0 unspecified atom stereocenters. The predicted molar refractivity (Wildman–Crippen MR) is 97.2 cm³/mol. The first-order valence-electron chi connectivity index (χ1n) is 8.20. The number of nitrogens with zero attached hydrogens (tertiary/aromatic N) is 2. The highest BCUT2D eigenvalue weighted by molar-refractivity contribution is 5.99. The number of benzene rings is 2. The second-order valence-corrected chi connectivity index (χ2v) is 5.78. The first-order chi connectivity index (χ1) is 12.0. The summed E-state index contributed by atoms with van der Waals surface area (Å²) in [6.45, 7) is 4.30. The van der Waals surface area contributed by atoms with Crippen LogP contribution in [0.5, 0.6) is 0 Å². The number of amides is 2. The third kappa shape index (κ3) is 4.92. The zero-order valence-corrected chi connectivity index (χ0v) is 14.5. The standard InChI is InChI=1S/C20H21N3O2/c1-3-11-23(20(25)17-9-6-8-16(12-17)13-21)14-19(24)22-18-10-5-4-7-15(18)2/h4-10,12H,3,11,14H2,1-2H3,(H,22,24). The van der Waals surface area contributed by atoms with E-state index < -0.39 is 0 Å². The first kappa shape index (κ1) is 18.2. The molecule has 25 heavy (non-hydrogen) atoms. The van der Waals surface area contributed by atoms with Gasteiger partial charge in [-0.1, -0.05) is 31.2 Å². The maximum atomic E-state index is 12.7. The van der Waals surface area contributed by atoms with Crippen molar-refractivity contribution in [1.29, 1.82) is 5.26 Å². The van der Waals surface area contributed by atoms with E-state index in [0.717, 1.165) is 17.7 Å². The molecule has 0 atom stereocenters. The van der Waals surface area contributed by atoms with Crippen molar-refractivity contribution >= 4 is 17.5 Å². The maximum Gasteiger partial charge on any atom is 0.254 e. The number of hydrogen-bond acceptors (Lipinski definition) is 3. The lowest BCUT2D eigenvalue weighted by Gasteiger charge is -2.22. The molecule has 0 heterocycles. The van der Waals surface area contributed by atoms with Crippen molar-refractivity contribution in [1.82, 2.24) is 4.90 Å². The summed E-state index contributed by atoms with van der Waals surface area (Å²) in [4.78, 5) is 26.5. The lowest BCUT2D eigenvalue weighted by atomic mass is 10.1. The summed E-state index contributed by atoms with van der Waals surface area (Å²) < 4.78 is 0. The van der Waals surface area contributed by atoms with Crippen LogP contribution in [0.2, 0.25) is 0 Å². The van der Waals surface area contributed by atoms with Crippen LogP contribution in [0.25, 0.3) is 0 Å². The van der Waals surface area contributed by atoms with E-state index >= 15 is 0 Å². The van der Waals surface area contributed by atoms with Gasteiger partial charge in [0.05, 0.1) is 11.6 Å². The predicted octanol–water partition coefficient (Wildman–Crippen LogP) is 3.36. The smallest absolute Gasteiger partial charge is 0.254 e. The Morgan fingerprint density at radius 1 is 1.16 bits per heavy atom. The van der Waals surface area contributed by atoms with E-state index in [-0.39, 0.29) is 18.4 Å². The molecule has 2 rings (SSSR count). The molecule has 0 saturated carbocycles. The SMILES string of the molecule is CCCN(CC(=O)Nc1ccccc1C)C(=O)c1cccc(C#N)c1. The fourth-order valence-corrected chi connectivity index (χ4v) is 2.50. The first-order valence-corrected chi connectivity index (χ1v) is 8.20. The average molecular weight is 335 g/mol. The van der Waals surface area contributed by atoms with E-state index in [1.54, 1.807) is 24.3 Å². The largest absolute Gasteiger partial charge is 0.329 e. The van der Waals surface area contributed by atoms with E-state index in [1.165, 1.54) is 4.90 Å². The van der Waals surface area contributed by atoms with Gasteiger partial charge in [-0.05, 0) is 43.2 Å². The van der Waals surface area contributed by atoms with Crippen molar-refractivity contribution in [3.63, 3.8) is 0 Å². The fraction of sp³-hybridized carbons (Fsp3) is 0.250. The summed E-state index contributed by atoms with van der Waals surface area (Å²) in [5, 5.41) is 11.8. The van der Waals surface area contributed by atoms with Crippen molar-refractivity contribution in [2.45, 2.75) is 20.3 Å². The summed E-state index contributed by atoms with van der Waals surface area (Å²) in [7, 11) is 0. The quantitative estimate of drug-likeness (QED) is 0.880. The minimum absolute atomic E-state index is 0.0300. The van der Waals surface area contributed by atoms with Crippen LogP contribution in [0.1, 0.15) is 34.8 Å². The Bertz CT molecular complexity index is 809. The molecule has 2 aromatic carbocycles. The van der Waals surface area contributed by atoms with Gasteiger partial charge in [0.15, 0.2) is 0 Å². The van der Waals surface area contributed by atoms with Gasteiger partial charge in [-0.2, -0.15) is 5.26 Å². The van der Waals surface area contributed by atoms with Crippen LogP contribution in [0.4, 0.5) is 5.69 Å². The van der Waals surface area contributed by atoms with Gasteiger partial charge in [-0.15, -0.1) is 0 Å². The lowest BCUT2D eigenvalue weighted by molar-refractivity contribution is -0.116. The Hall–Kier alpha value is -3.13. The highest BCUT2D eigenvalue weighted by Gasteiger charge is 2.19. The molecule has 5 heteroatoms. The molecule has 1 N–H and O–H groups in total. The molecule has 0 aromatic heterocycles. The molecule has 0 bridgehead atoms. The van der Waals surface area contributed by atoms with E-state index in [9.17, 15) is 9.59 Å². The summed E-state index contributed by atoms with van der Waals surface area (Å²) in [5.41, 5.74) is 2.54. The normalized spacial score (nSPS) is 9.96. The molecule has 2 amide bonds. The number of anilines is 1. The van der Waals surface area contributed by atoms with Gasteiger partial charge in [0.1, 0.15) is 6.54 Å². The zero-order chi connectivity index (χ0) is 18.2. The second-order valence-electron chi connectivity index (χ2n) is 5.78. The number of nitriles is 1. The Labute approximate surface area is 147 Å². The zero-order valence-electron chi connectivity index (χ0n) is 14.5. The summed E-state index contributed by atoms with van der Waals surface area (Å²) >= 11 is 0. The van der Waals surface area contributed by atoms with Crippen LogP contribution in [0.3, 0.4) is 0 Å². The number of carbonyl (C=O) groups excluding carboxylic acids is 2. The van der Waals surface area contributed by atoms with Gasteiger partial charge in [0, 0.05) is 17.8 Å². The number of para-hydroxylation sites is 1. The molecule has 2 aromatic rings. The van der Waals surface area contributed by atoms with Crippen LogP contribution >= 0.6 is 0 Å². The van der Waals surface area contributed by atoms with Gasteiger partial charge in [-0.25, -0.2) is 0 Å². The van der Waals surface area contributed by atoms with Crippen LogP contribution in [0.15, 0.2) is 48.5 Å². The molecule has 0 aliphatic rings. The van der Waals surface area contributed by atoms with Crippen molar-refractivity contribution in [3.8, 4) is 6.07 Å². The van der Waals surface area contributed by atoms with E-state index in [1.807, 2.05) is 44.2 Å². The number of aryl methyl sites for hydroxylation is 1. The van der Waals surface area contributed by atoms with E-state index in [4.69, 9.17) is 5.26 Å². The Morgan fingerprint density at radius 2 is 1.92 bits per heavy atom. The molecule has 0 radical (unpaired) electrons. The molecule has 0 aliphatic carbocycles. The highest BCUT2D eigenvalue weighted by Crippen LogP contribution is 2.14. The fourth-order valence-electron chi connectivity index (χ4n) is 2.50. The minimum atomic E-state index is -0.251. The average Bonchev–Trinajstić information content (AvgIpc) is 2.62. The molecule has 0 aliphatic heterocycles. The van der Waals surface area contributed by atoms with E-state index in [2.05, 4.69) is 5.32 Å². The molecular formula is C20H21N3O2. The summed E-state index contributed by atoms with van der Waals surface area (Å²) in [6, 6.07) is 16.0. The van der Waals surface area contributed by atoms with Gasteiger partial charge in [0.25, 0.3) is 5.91 Å². The number of hydrogen-bond donors (Lipinski definition) is 1. The van der Waals surface area contributed by atoms with E-state index in [0.29, 0.717) is 17.7 Å². The molecule has 128 valence electrons. The van der Waals surface area contributed by atoms with Crippen LogP contribution in [0, 0.1) is 18.3 Å². The lowest BCUT2D eigenvalue weighted by Crippen LogP contribution is -2.38. The van der Waals surface area contributed by atoms with Crippen molar-refractivity contribution < 1.29 is 9.59 Å².